The normalized spacial score (nSPS) is 13.6. The molecule has 98 valence electrons. The average molecular weight is 252 g/mol. The molecule has 1 aromatic rings. The lowest BCUT2D eigenvalue weighted by Crippen LogP contribution is -2.53. The summed E-state index contributed by atoms with van der Waals surface area (Å²) >= 11 is 0. The van der Waals surface area contributed by atoms with Crippen LogP contribution in [0.4, 0.5) is 5.69 Å². The maximum atomic E-state index is 11.3. The van der Waals surface area contributed by atoms with Gasteiger partial charge in [0.15, 0.2) is 0 Å². The van der Waals surface area contributed by atoms with Crippen LogP contribution in [0.15, 0.2) is 30.3 Å². The summed E-state index contributed by atoms with van der Waals surface area (Å²) in [6.45, 7) is 1.86. The van der Waals surface area contributed by atoms with Crippen molar-refractivity contribution in [3.8, 4) is 0 Å². The lowest BCUT2D eigenvalue weighted by atomic mass is 10.0. The van der Waals surface area contributed by atoms with Crippen LogP contribution in [-0.2, 0) is 4.79 Å². The van der Waals surface area contributed by atoms with E-state index in [0.29, 0.717) is 18.5 Å². The van der Waals surface area contributed by atoms with Crippen molar-refractivity contribution < 1.29 is 14.8 Å². The van der Waals surface area contributed by atoms with Gasteiger partial charge in [0, 0.05) is 5.69 Å². The predicted octanol–water partition coefficient (Wildman–Crippen LogP) is 2.35. The Morgan fingerprint density at radius 3 is 2.50 bits per heavy atom. The van der Waals surface area contributed by atoms with E-state index in [1.807, 2.05) is 6.92 Å². The molecule has 0 fully saturated rings. The summed E-state index contributed by atoms with van der Waals surface area (Å²) in [5.74, 6) is -1.47. The van der Waals surface area contributed by atoms with Crippen molar-refractivity contribution in [2.75, 3.05) is 5.32 Å². The minimum atomic E-state index is -2.16. The number of nitro groups is 1. The standard InChI is InChI=1S/C12H16N2O4/c1-2-3-9-12(11(15)16,14(17)18)13-10-7-5-4-6-8-10/h4-8,13H,2-3,9H2,1H3,(H,15,16). The molecule has 6 heteroatoms. The van der Waals surface area contributed by atoms with Gasteiger partial charge in [0.1, 0.15) is 0 Å². The van der Waals surface area contributed by atoms with E-state index in [0.717, 1.165) is 0 Å². The van der Waals surface area contributed by atoms with E-state index in [4.69, 9.17) is 0 Å². The zero-order valence-electron chi connectivity index (χ0n) is 10.1. The number of aliphatic carboxylic acids is 1. The van der Waals surface area contributed by atoms with Crippen molar-refractivity contribution in [2.24, 2.45) is 0 Å². The number of para-hydroxylation sites is 1. The second-order valence-corrected chi connectivity index (χ2v) is 4.02. The first kappa shape index (κ1) is 14.0. The molecule has 0 aliphatic rings. The third kappa shape index (κ3) is 2.97. The maximum absolute atomic E-state index is 11.3. The summed E-state index contributed by atoms with van der Waals surface area (Å²) in [5.41, 5.74) is -1.73. The molecule has 0 spiro atoms. The molecule has 6 nitrogen and oxygen atoms in total. The second-order valence-electron chi connectivity index (χ2n) is 4.02. The van der Waals surface area contributed by atoms with E-state index in [9.17, 15) is 20.0 Å². The van der Waals surface area contributed by atoms with Crippen LogP contribution in [0.25, 0.3) is 0 Å². The van der Waals surface area contributed by atoms with Gasteiger partial charge >= 0.3 is 11.6 Å². The van der Waals surface area contributed by atoms with Crippen molar-refractivity contribution in [3.63, 3.8) is 0 Å². The van der Waals surface area contributed by atoms with Gasteiger partial charge < -0.3 is 10.4 Å². The highest BCUT2D eigenvalue weighted by atomic mass is 16.6. The highest BCUT2D eigenvalue weighted by Crippen LogP contribution is 2.22. The minimum Gasteiger partial charge on any atom is -0.474 e. The number of nitrogens with one attached hydrogen (secondary N) is 1. The van der Waals surface area contributed by atoms with Crippen LogP contribution in [0.2, 0.25) is 0 Å². The van der Waals surface area contributed by atoms with E-state index in [1.165, 1.54) is 0 Å². The molecule has 0 aliphatic heterocycles. The number of hydrogen-bond acceptors (Lipinski definition) is 4. The Morgan fingerprint density at radius 2 is 2.06 bits per heavy atom. The van der Waals surface area contributed by atoms with Gasteiger partial charge in [-0.25, -0.2) is 4.79 Å². The maximum Gasteiger partial charge on any atom is 0.405 e. The highest BCUT2D eigenvalue weighted by Gasteiger charge is 2.51. The topological polar surface area (TPSA) is 92.5 Å². The number of anilines is 1. The molecule has 0 saturated carbocycles. The number of nitrogens with zero attached hydrogens (tertiary/aromatic N) is 1. The molecule has 2 N–H and O–H groups in total. The predicted molar refractivity (Wildman–Crippen MR) is 67.0 cm³/mol. The number of carbonyl (C=O) groups is 1. The molecular weight excluding hydrogens is 236 g/mol. The molecule has 0 aliphatic carbocycles. The summed E-state index contributed by atoms with van der Waals surface area (Å²) in [6.07, 6.45) is 1.10. The number of unbranched alkanes of at least 4 members (excludes halogenated alkanes) is 1. The van der Waals surface area contributed by atoms with E-state index >= 15 is 0 Å². The number of rotatable bonds is 7. The number of carboxylic acids is 1. The molecule has 0 bridgehead atoms. The van der Waals surface area contributed by atoms with E-state index in [-0.39, 0.29) is 6.42 Å². The first-order chi connectivity index (χ1) is 8.53. The van der Waals surface area contributed by atoms with Crippen LogP contribution < -0.4 is 5.32 Å². The minimum absolute atomic E-state index is 0.0548. The van der Waals surface area contributed by atoms with Gasteiger partial charge in [0.25, 0.3) is 0 Å². The summed E-state index contributed by atoms with van der Waals surface area (Å²) in [5, 5.41) is 22.8. The van der Waals surface area contributed by atoms with Gasteiger partial charge in [-0.3, -0.25) is 10.1 Å². The fourth-order valence-electron chi connectivity index (χ4n) is 1.63. The third-order valence-electron chi connectivity index (χ3n) is 2.68. The highest BCUT2D eigenvalue weighted by molar-refractivity contribution is 5.80. The van der Waals surface area contributed by atoms with Gasteiger partial charge in [0.05, 0.1) is 11.3 Å². The van der Waals surface area contributed by atoms with Gasteiger partial charge in [-0.1, -0.05) is 31.5 Å². The Bertz CT molecular complexity index is 405. The van der Waals surface area contributed by atoms with Crippen molar-refractivity contribution in [1.29, 1.82) is 0 Å². The number of carboxylic acid groups (broad SMARTS) is 1. The molecule has 1 atom stereocenters. The van der Waals surface area contributed by atoms with E-state index < -0.39 is 16.6 Å². The summed E-state index contributed by atoms with van der Waals surface area (Å²) in [4.78, 5) is 21.6. The lowest BCUT2D eigenvalue weighted by Gasteiger charge is -2.22. The largest absolute Gasteiger partial charge is 0.474 e. The zero-order valence-corrected chi connectivity index (χ0v) is 10.1. The van der Waals surface area contributed by atoms with Crippen LogP contribution in [0.1, 0.15) is 26.2 Å². The van der Waals surface area contributed by atoms with Crippen molar-refractivity contribution in [1.82, 2.24) is 0 Å². The molecule has 0 saturated heterocycles. The Morgan fingerprint density at radius 1 is 1.44 bits per heavy atom. The summed E-state index contributed by atoms with van der Waals surface area (Å²) in [6, 6.07) is 8.34. The average Bonchev–Trinajstić information content (AvgIpc) is 2.35. The van der Waals surface area contributed by atoms with Crippen LogP contribution in [0, 0.1) is 10.1 Å². The van der Waals surface area contributed by atoms with Gasteiger partial charge in [-0.15, -0.1) is 0 Å². The first-order valence-electron chi connectivity index (χ1n) is 5.74. The molecule has 0 amide bonds. The number of hydrogen-bond donors (Lipinski definition) is 2. The van der Waals surface area contributed by atoms with Gasteiger partial charge in [-0.05, 0) is 18.6 Å². The monoisotopic (exact) mass is 252 g/mol. The van der Waals surface area contributed by atoms with Crippen LogP contribution in [0.5, 0.6) is 0 Å². The smallest absolute Gasteiger partial charge is 0.405 e. The summed E-state index contributed by atoms with van der Waals surface area (Å²) in [7, 11) is 0. The van der Waals surface area contributed by atoms with Gasteiger partial charge in [0.2, 0.25) is 0 Å². The molecule has 18 heavy (non-hydrogen) atoms. The summed E-state index contributed by atoms with van der Waals surface area (Å²) < 4.78 is 0. The first-order valence-corrected chi connectivity index (χ1v) is 5.74. The Kier molecular flexibility index (Phi) is 4.65. The van der Waals surface area contributed by atoms with Crippen molar-refractivity contribution in [3.05, 3.63) is 40.4 Å². The van der Waals surface area contributed by atoms with Crippen LogP contribution in [0.3, 0.4) is 0 Å². The molecular formula is C12H16N2O4. The molecule has 1 unspecified atom stereocenters. The number of benzene rings is 1. The second kappa shape index (κ2) is 6.00. The Hall–Kier alpha value is -2.11. The zero-order chi connectivity index (χ0) is 13.6. The molecule has 1 aromatic carbocycles. The SMILES string of the molecule is CCCCC(Nc1ccccc1)(C(=O)O)[N+](=O)[O-]. The third-order valence-corrected chi connectivity index (χ3v) is 2.68. The van der Waals surface area contributed by atoms with Crippen LogP contribution >= 0.6 is 0 Å². The van der Waals surface area contributed by atoms with Gasteiger partial charge in [-0.2, -0.15) is 0 Å². The lowest BCUT2D eigenvalue weighted by molar-refractivity contribution is -0.548. The Balaban J connectivity index is 3.02. The van der Waals surface area contributed by atoms with Crippen LogP contribution in [-0.4, -0.2) is 21.7 Å². The molecule has 0 heterocycles. The Labute approximate surface area is 105 Å². The van der Waals surface area contributed by atoms with Crippen molar-refractivity contribution in [2.45, 2.75) is 31.8 Å². The van der Waals surface area contributed by atoms with E-state index in [1.54, 1.807) is 30.3 Å². The molecule has 1 rings (SSSR count). The molecule has 0 radical (unpaired) electrons. The van der Waals surface area contributed by atoms with Crippen molar-refractivity contribution >= 4 is 11.7 Å². The fourth-order valence-corrected chi connectivity index (χ4v) is 1.63. The van der Waals surface area contributed by atoms with E-state index in [2.05, 4.69) is 5.32 Å². The quantitative estimate of drug-likeness (QED) is 0.441. The molecule has 0 aromatic heterocycles. The fraction of sp³-hybridized carbons (Fsp3) is 0.417.